The van der Waals surface area contributed by atoms with Crippen LogP contribution in [0.5, 0.6) is 0 Å². The molecule has 2 aromatic carbocycles. The highest BCUT2D eigenvalue weighted by Crippen LogP contribution is 2.29. The maximum atomic E-state index is 6.12. The number of rotatable bonds is 5. The molecule has 1 nitrogen and oxygen atoms in total. The molecule has 100 valence electrons. The van der Waals surface area contributed by atoms with Gasteiger partial charge < -0.3 is 4.74 Å². The molecule has 0 N–H and O–H groups in total. The van der Waals surface area contributed by atoms with E-state index in [4.69, 9.17) is 16.3 Å². The van der Waals surface area contributed by atoms with Gasteiger partial charge in [-0.15, -0.1) is 0 Å². The van der Waals surface area contributed by atoms with Crippen molar-refractivity contribution in [3.8, 4) is 0 Å². The maximum Gasteiger partial charge on any atom is 0.0930 e. The summed E-state index contributed by atoms with van der Waals surface area (Å²) in [4.78, 5) is 0. The first kappa shape index (κ1) is 14.6. The molecule has 0 aliphatic carbocycles. The highest BCUT2D eigenvalue weighted by molar-refractivity contribution is 9.09. The molecule has 0 aromatic heterocycles. The van der Waals surface area contributed by atoms with Crippen molar-refractivity contribution in [1.29, 1.82) is 0 Å². The lowest BCUT2D eigenvalue weighted by Crippen LogP contribution is -2.09. The van der Waals surface area contributed by atoms with E-state index in [1.54, 1.807) is 0 Å². The summed E-state index contributed by atoms with van der Waals surface area (Å²) in [5.41, 5.74) is 2.27. The lowest BCUT2D eigenvalue weighted by molar-refractivity contribution is 0.00933. The summed E-state index contributed by atoms with van der Waals surface area (Å²) >= 11 is 9.54. The van der Waals surface area contributed by atoms with Gasteiger partial charge in [0.2, 0.25) is 0 Å². The molecule has 0 amide bonds. The van der Waals surface area contributed by atoms with E-state index in [-0.39, 0.29) is 12.2 Å². The lowest BCUT2D eigenvalue weighted by atomic mass is 10.1. The highest BCUT2D eigenvalue weighted by atomic mass is 79.9. The van der Waals surface area contributed by atoms with Crippen molar-refractivity contribution in [1.82, 2.24) is 0 Å². The smallest absolute Gasteiger partial charge is 0.0930 e. The van der Waals surface area contributed by atoms with Crippen LogP contribution < -0.4 is 0 Å². The highest BCUT2D eigenvalue weighted by Gasteiger charge is 2.15. The molecule has 0 heterocycles. The first-order valence-corrected chi connectivity index (χ1v) is 7.72. The van der Waals surface area contributed by atoms with Crippen LogP contribution >= 0.6 is 27.5 Å². The van der Waals surface area contributed by atoms with E-state index in [1.807, 2.05) is 42.5 Å². The molecule has 0 aliphatic heterocycles. The molecule has 0 saturated carbocycles. The van der Waals surface area contributed by atoms with Crippen LogP contribution in [0.25, 0.3) is 0 Å². The van der Waals surface area contributed by atoms with Crippen molar-refractivity contribution in [3.63, 3.8) is 0 Å². The quantitative estimate of drug-likeness (QED) is 0.649. The zero-order valence-electron chi connectivity index (χ0n) is 10.7. The predicted molar refractivity (Wildman–Crippen MR) is 83.9 cm³/mol. The van der Waals surface area contributed by atoms with E-state index in [0.29, 0.717) is 0 Å². The first-order valence-electron chi connectivity index (χ1n) is 6.22. The standard InChI is InChI=1S/C16H16BrClO/c1-12(13-6-3-2-4-7-13)19-16(11-17)14-8-5-9-15(18)10-14/h2-10,12,16H,11H2,1H3. The molecule has 2 atom stereocenters. The third kappa shape index (κ3) is 4.07. The second-order valence-electron chi connectivity index (χ2n) is 4.39. The van der Waals surface area contributed by atoms with Gasteiger partial charge in [0, 0.05) is 10.4 Å². The topological polar surface area (TPSA) is 9.23 Å². The van der Waals surface area contributed by atoms with Crippen molar-refractivity contribution < 1.29 is 4.74 Å². The number of alkyl halides is 1. The van der Waals surface area contributed by atoms with Gasteiger partial charge in [-0.1, -0.05) is 70.0 Å². The van der Waals surface area contributed by atoms with E-state index in [0.717, 1.165) is 15.9 Å². The van der Waals surface area contributed by atoms with Crippen molar-refractivity contribution in [2.24, 2.45) is 0 Å². The van der Waals surface area contributed by atoms with Gasteiger partial charge in [0.25, 0.3) is 0 Å². The summed E-state index contributed by atoms with van der Waals surface area (Å²) in [6.07, 6.45) is 0.0386. The molecule has 2 unspecified atom stereocenters. The van der Waals surface area contributed by atoms with Crippen LogP contribution in [0.3, 0.4) is 0 Å². The summed E-state index contributed by atoms with van der Waals surface area (Å²) in [6.45, 7) is 2.07. The van der Waals surface area contributed by atoms with Crippen LogP contribution in [0.4, 0.5) is 0 Å². The second kappa shape index (κ2) is 7.09. The van der Waals surface area contributed by atoms with Gasteiger partial charge in [-0.25, -0.2) is 0 Å². The number of hydrogen-bond acceptors (Lipinski definition) is 1. The largest absolute Gasteiger partial charge is 0.365 e. The first-order chi connectivity index (χ1) is 9.20. The van der Waals surface area contributed by atoms with Crippen LogP contribution in [0.2, 0.25) is 5.02 Å². The molecule has 2 rings (SSSR count). The molecule has 2 aromatic rings. The summed E-state index contributed by atoms with van der Waals surface area (Å²) in [6, 6.07) is 18.0. The fraction of sp³-hybridized carbons (Fsp3) is 0.250. The molecule has 0 spiro atoms. The number of hydrogen-bond donors (Lipinski definition) is 0. The van der Waals surface area contributed by atoms with Crippen LogP contribution in [0, 0.1) is 0 Å². The van der Waals surface area contributed by atoms with Gasteiger partial charge >= 0.3 is 0 Å². The van der Waals surface area contributed by atoms with E-state index in [2.05, 4.69) is 35.0 Å². The van der Waals surface area contributed by atoms with Crippen LogP contribution in [0.15, 0.2) is 54.6 Å². The Bertz CT molecular complexity index is 515. The molecule has 0 aliphatic rings. The van der Waals surface area contributed by atoms with E-state index in [9.17, 15) is 0 Å². The van der Waals surface area contributed by atoms with Gasteiger partial charge in [0.15, 0.2) is 0 Å². The minimum atomic E-state index is -0.00564. The summed E-state index contributed by atoms with van der Waals surface area (Å²) in [5.74, 6) is 0. The monoisotopic (exact) mass is 338 g/mol. The number of halogens is 2. The summed E-state index contributed by atoms with van der Waals surface area (Å²) < 4.78 is 6.12. The maximum absolute atomic E-state index is 6.12. The number of benzene rings is 2. The molecular formula is C16H16BrClO. The minimum Gasteiger partial charge on any atom is -0.365 e. The molecule has 0 bridgehead atoms. The Labute approximate surface area is 127 Å². The van der Waals surface area contributed by atoms with E-state index in [1.165, 1.54) is 5.56 Å². The van der Waals surface area contributed by atoms with Gasteiger partial charge in [-0.3, -0.25) is 0 Å². The van der Waals surface area contributed by atoms with Gasteiger partial charge in [-0.2, -0.15) is 0 Å². The molecule has 19 heavy (non-hydrogen) atoms. The number of ether oxygens (including phenoxy) is 1. The summed E-state index contributed by atoms with van der Waals surface area (Å²) in [5, 5.41) is 1.48. The Balaban J connectivity index is 2.11. The van der Waals surface area contributed by atoms with Crippen LogP contribution in [-0.2, 0) is 4.74 Å². The Hall–Kier alpha value is -0.830. The SMILES string of the molecule is CC(OC(CBr)c1cccc(Cl)c1)c1ccccc1. The van der Waals surface area contributed by atoms with Gasteiger partial charge in [0.05, 0.1) is 12.2 Å². The zero-order valence-corrected chi connectivity index (χ0v) is 13.1. The normalized spacial score (nSPS) is 14.1. The van der Waals surface area contributed by atoms with Crippen molar-refractivity contribution in [2.75, 3.05) is 5.33 Å². The minimum absolute atomic E-state index is 0.00564. The van der Waals surface area contributed by atoms with Gasteiger partial charge in [-0.05, 0) is 30.2 Å². The van der Waals surface area contributed by atoms with Gasteiger partial charge in [0.1, 0.15) is 0 Å². The lowest BCUT2D eigenvalue weighted by Gasteiger charge is -2.21. The fourth-order valence-corrected chi connectivity index (χ4v) is 2.69. The Kier molecular flexibility index (Phi) is 5.44. The predicted octanol–water partition coefficient (Wildman–Crippen LogP) is 5.55. The molecule has 3 heteroatoms. The van der Waals surface area contributed by atoms with E-state index >= 15 is 0 Å². The van der Waals surface area contributed by atoms with Crippen molar-refractivity contribution in [3.05, 3.63) is 70.7 Å². The Morgan fingerprint density at radius 2 is 1.74 bits per heavy atom. The van der Waals surface area contributed by atoms with Crippen LogP contribution in [0.1, 0.15) is 30.3 Å². The fourth-order valence-electron chi connectivity index (χ4n) is 1.96. The Morgan fingerprint density at radius 3 is 2.37 bits per heavy atom. The average molecular weight is 340 g/mol. The second-order valence-corrected chi connectivity index (χ2v) is 5.47. The zero-order chi connectivity index (χ0) is 13.7. The molecule has 0 fully saturated rings. The van der Waals surface area contributed by atoms with Crippen LogP contribution in [-0.4, -0.2) is 5.33 Å². The molecule has 0 radical (unpaired) electrons. The Morgan fingerprint density at radius 1 is 1.05 bits per heavy atom. The molecule has 0 saturated heterocycles. The van der Waals surface area contributed by atoms with E-state index < -0.39 is 0 Å². The van der Waals surface area contributed by atoms with Crippen molar-refractivity contribution in [2.45, 2.75) is 19.1 Å². The third-order valence-electron chi connectivity index (χ3n) is 3.00. The average Bonchev–Trinajstić information content (AvgIpc) is 2.45. The third-order valence-corrected chi connectivity index (χ3v) is 3.82. The molecular weight excluding hydrogens is 324 g/mol. The summed E-state index contributed by atoms with van der Waals surface area (Å²) in [7, 11) is 0. The van der Waals surface area contributed by atoms with Crippen molar-refractivity contribution >= 4 is 27.5 Å².